The standard InChI is InChI=1S/C23H19F3N4O2S/c1-2-30-21(32)20-19(15(12-27-20)14-8-4-3-5-9-14)29-22(30)33-13-18(31)28-17-11-7-6-10-16(17)23(24,25)26/h3-12,27H,2,13H2,1H3,(H,28,31). The lowest BCUT2D eigenvalue weighted by Gasteiger charge is -2.14. The highest BCUT2D eigenvalue weighted by Crippen LogP contribution is 2.34. The smallest absolute Gasteiger partial charge is 0.355 e. The molecular formula is C23H19F3N4O2S. The first-order chi connectivity index (χ1) is 15.8. The van der Waals surface area contributed by atoms with Crippen molar-refractivity contribution < 1.29 is 18.0 Å². The Morgan fingerprint density at radius 1 is 1.12 bits per heavy atom. The van der Waals surface area contributed by atoms with Crippen LogP contribution in [-0.2, 0) is 17.5 Å². The summed E-state index contributed by atoms with van der Waals surface area (Å²) in [5, 5.41) is 2.62. The van der Waals surface area contributed by atoms with Gasteiger partial charge in [-0.2, -0.15) is 13.2 Å². The first kappa shape index (κ1) is 22.7. The highest BCUT2D eigenvalue weighted by molar-refractivity contribution is 7.99. The minimum absolute atomic E-state index is 0.213. The molecule has 0 aliphatic heterocycles. The zero-order chi connectivity index (χ0) is 23.6. The average Bonchev–Trinajstić information content (AvgIpc) is 3.22. The van der Waals surface area contributed by atoms with E-state index >= 15 is 0 Å². The van der Waals surface area contributed by atoms with E-state index < -0.39 is 17.6 Å². The molecule has 0 saturated heterocycles. The summed E-state index contributed by atoms with van der Waals surface area (Å²) >= 11 is 0.993. The Morgan fingerprint density at radius 2 is 1.82 bits per heavy atom. The highest BCUT2D eigenvalue weighted by Gasteiger charge is 2.33. The Hall–Kier alpha value is -3.53. The van der Waals surface area contributed by atoms with Crippen LogP contribution < -0.4 is 10.9 Å². The van der Waals surface area contributed by atoms with Crippen LogP contribution in [0.4, 0.5) is 18.9 Å². The van der Waals surface area contributed by atoms with E-state index in [1.165, 1.54) is 22.8 Å². The molecule has 2 N–H and O–H groups in total. The molecule has 6 nitrogen and oxygen atoms in total. The number of aromatic amines is 1. The van der Waals surface area contributed by atoms with Gasteiger partial charge in [-0.3, -0.25) is 14.2 Å². The summed E-state index contributed by atoms with van der Waals surface area (Å²) in [6.07, 6.45) is -2.88. The van der Waals surface area contributed by atoms with Crippen molar-refractivity contribution in [1.29, 1.82) is 0 Å². The van der Waals surface area contributed by atoms with Gasteiger partial charge in [-0.25, -0.2) is 4.98 Å². The van der Waals surface area contributed by atoms with Crippen LogP contribution in [0.5, 0.6) is 0 Å². The van der Waals surface area contributed by atoms with Gasteiger partial charge in [0.05, 0.1) is 17.0 Å². The maximum atomic E-state index is 13.2. The second kappa shape index (κ2) is 9.14. The van der Waals surface area contributed by atoms with Crippen LogP contribution in [0.15, 0.2) is 70.7 Å². The third kappa shape index (κ3) is 4.65. The molecule has 1 amide bonds. The number of hydrogen-bond acceptors (Lipinski definition) is 4. The lowest BCUT2D eigenvalue weighted by atomic mass is 10.1. The monoisotopic (exact) mass is 472 g/mol. The molecule has 4 rings (SSSR count). The zero-order valence-electron chi connectivity index (χ0n) is 17.4. The molecule has 10 heteroatoms. The molecule has 0 spiro atoms. The Balaban J connectivity index is 1.61. The van der Waals surface area contributed by atoms with Gasteiger partial charge in [0, 0.05) is 18.3 Å². The number of benzene rings is 2. The SMILES string of the molecule is CCn1c(SCC(=O)Nc2ccccc2C(F)(F)F)nc2c(-c3ccccc3)c[nH]c2c1=O. The quantitative estimate of drug-likeness (QED) is 0.300. The first-order valence-corrected chi connectivity index (χ1v) is 11.0. The average molecular weight is 472 g/mol. The van der Waals surface area contributed by atoms with Crippen LogP contribution in [-0.4, -0.2) is 26.2 Å². The summed E-state index contributed by atoms with van der Waals surface area (Å²) in [6.45, 7) is 2.10. The number of alkyl halides is 3. The van der Waals surface area contributed by atoms with Gasteiger partial charge in [-0.1, -0.05) is 54.2 Å². The van der Waals surface area contributed by atoms with Crippen LogP contribution in [0.2, 0.25) is 0 Å². The van der Waals surface area contributed by atoms with Crippen LogP contribution in [0, 0.1) is 0 Å². The summed E-state index contributed by atoms with van der Waals surface area (Å²) in [4.78, 5) is 33.0. The van der Waals surface area contributed by atoms with Gasteiger partial charge in [0.2, 0.25) is 5.91 Å². The number of para-hydroxylation sites is 1. The molecule has 0 fully saturated rings. The zero-order valence-corrected chi connectivity index (χ0v) is 18.3. The van der Waals surface area contributed by atoms with Crippen molar-refractivity contribution in [2.75, 3.05) is 11.1 Å². The Kier molecular flexibility index (Phi) is 6.28. The fourth-order valence-corrected chi connectivity index (χ4v) is 4.31. The van der Waals surface area contributed by atoms with Crippen LogP contribution in [0.25, 0.3) is 22.2 Å². The molecule has 33 heavy (non-hydrogen) atoms. The summed E-state index contributed by atoms with van der Waals surface area (Å²) in [5.74, 6) is -0.846. The minimum atomic E-state index is -4.59. The molecule has 170 valence electrons. The number of carbonyl (C=O) groups is 1. The first-order valence-electron chi connectivity index (χ1n) is 10.1. The van der Waals surface area contributed by atoms with E-state index in [2.05, 4.69) is 15.3 Å². The summed E-state index contributed by atoms with van der Waals surface area (Å²) in [5.41, 5.74) is 0.927. The van der Waals surface area contributed by atoms with Crippen molar-refractivity contribution >= 4 is 34.4 Å². The molecule has 2 aromatic heterocycles. The molecular weight excluding hydrogens is 453 g/mol. The van der Waals surface area contributed by atoms with E-state index in [-0.39, 0.29) is 17.0 Å². The van der Waals surface area contributed by atoms with E-state index in [1.807, 2.05) is 30.3 Å². The number of anilines is 1. The number of thioether (sulfide) groups is 1. The van der Waals surface area contributed by atoms with Crippen LogP contribution in [0.3, 0.4) is 0 Å². The number of halogens is 3. The van der Waals surface area contributed by atoms with Crippen molar-refractivity contribution in [2.24, 2.45) is 0 Å². The summed E-state index contributed by atoms with van der Waals surface area (Å²) in [6, 6.07) is 14.2. The van der Waals surface area contributed by atoms with Gasteiger partial charge in [-0.05, 0) is 24.6 Å². The molecule has 4 aromatic rings. The number of amides is 1. The van der Waals surface area contributed by atoms with Gasteiger partial charge in [0.15, 0.2) is 5.16 Å². The maximum Gasteiger partial charge on any atom is 0.418 e. The minimum Gasteiger partial charge on any atom is -0.355 e. The lowest BCUT2D eigenvalue weighted by Crippen LogP contribution is -2.24. The molecule has 0 bridgehead atoms. The summed E-state index contributed by atoms with van der Waals surface area (Å²) in [7, 11) is 0. The number of nitrogens with zero attached hydrogens (tertiary/aromatic N) is 2. The molecule has 0 unspecified atom stereocenters. The van der Waals surface area contributed by atoms with E-state index in [0.29, 0.717) is 22.7 Å². The number of nitrogens with one attached hydrogen (secondary N) is 2. The number of hydrogen-bond donors (Lipinski definition) is 2. The van der Waals surface area contributed by atoms with E-state index in [9.17, 15) is 22.8 Å². The fraction of sp³-hybridized carbons (Fsp3) is 0.174. The van der Waals surface area contributed by atoms with Crippen molar-refractivity contribution in [3.63, 3.8) is 0 Å². The molecule has 0 aliphatic carbocycles. The number of fused-ring (bicyclic) bond motifs is 1. The van der Waals surface area contributed by atoms with E-state index in [1.54, 1.807) is 13.1 Å². The number of H-pyrrole nitrogens is 1. The molecule has 0 radical (unpaired) electrons. The van der Waals surface area contributed by atoms with Gasteiger partial charge < -0.3 is 10.3 Å². The van der Waals surface area contributed by atoms with E-state index in [4.69, 9.17) is 0 Å². The number of carbonyl (C=O) groups excluding carboxylic acids is 1. The van der Waals surface area contributed by atoms with Crippen molar-refractivity contribution in [3.8, 4) is 11.1 Å². The number of rotatable bonds is 6. The second-order valence-corrected chi connectivity index (χ2v) is 8.06. The molecule has 0 saturated carbocycles. The summed E-state index contributed by atoms with van der Waals surface area (Å²) < 4.78 is 41.0. The normalized spacial score (nSPS) is 11.6. The molecule has 0 atom stereocenters. The Bertz CT molecular complexity index is 1360. The van der Waals surface area contributed by atoms with Gasteiger partial charge in [0.1, 0.15) is 11.0 Å². The Labute approximate surface area is 190 Å². The van der Waals surface area contributed by atoms with Crippen molar-refractivity contribution in [1.82, 2.24) is 14.5 Å². The molecule has 0 aliphatic rings. The van der Waals surface area contributed by atoms with Crippen LogP contribution in [0.1, 0.15) is 12.5 Å². The number of aromatic nitrogens is 3. The van der Waals surface area contributed by atoms with Crippen molar-refractivity contribution in [3.05, 3.63) is 76.7 Å². The van der Waals surface area contributed by atoms with E-state index in [0.717, 1.165) is 29.0 Å². The lowest BCUT2D eigenvalue weighted by molar-refractivity contribution is -0.137. The topological polar surface area (TPSA) is 79.8 Å². The molecule has 2 heterocycles. The predicted molar refractivity (Wildman–Crippen MR) is 122 cm³/mol. The van der Waals surface area contributed by atoms with Gasteiger partial charge in [0.25, 0.3) is 5.56 Å². The van der Waals surface area contributed by atoms with Gasteiger partial charge in [-0.15, -0.1) is 0 Å². The molecule has 2 aromatic carbocycles. The fourth-order valence-electron chi connectivity index (χ4n) is 3.46. The van der Waals surface area contributed by atoms with Crippen LogP contribution >= 0.6 is 11.8 Å². The maximum absolute atomic E-state index is 13.2. The predicted octanol–water partition coefficient (Wildman–Crippen LogP) is 5.16. The largest absolute Gasteiger partial charge is 0.418 e. The third-order valence-electron chi connectivity index (χ3n) is 4.99. The van der Waals surface area contributed by atoms with Gasteiger partial charge >= 0.3 is 6.18 Å². The second-order valence-electron chi connectivity index (χ2n) is 7.12. The highest BCUT2D eigenvalue weighted by atomic mass is 32.2. The Morgan fingerprint density at radius 3 is 2.52 bits per heavy atom. The third-order valence-corrected chi connectivity index (χ3v) is 5.97. The van der Waals surface area contributed by atoms with Crippen molar-refractivity contribution in [2.45, 2.75) is 24.8 Å².